The second-order valence-electron chi connectivity index (χ2n) is 3.82. The van der Waals surface area contributed by atoms with E-state index in [0.717, 1.165) is 4.88 Å². The molecular weight excluding hydrogens is 200 g/mol. The Labute approximate surface area is 87.1 Å². The topological polar surface area (TPSA) is 62.2 Å². The number of rotatable bonds is 3. The normalized spacial score (nSPS) is 11.4. The number of aryl methyl sites for hydroxylation is 1. The smallest absolute Gasteiger partial charge is 0.271 e. The first-order valence-electron chi connectivity index (χ1n) is 4.31. The van der Waals surface area contributed by atoms with Crippen LogP contribution in [-0.2, 0) is 0 Å². The van der Waals surface area contributed by atoms with Crippen molar-refractivity contribution in [3.8, 4) is 0 Å². The van der Waals surface area contributed by atoms with Gasteiger partial charge in [-0.25, -0.2) is 0 Å². The molecule has 14 heavy (non-hydrogen) atoms. The number of carbonyl (C=O) groups excluding carboxylic acids is 1. The lowest BCUT2D eigenvalue weighted by Crippen LogP contribution is -2.46. The van der Waals surface area contributed by atoms with Crippen LogP contribution >= 0.6 is 11.5 Å². The van der Waals surface area contributed by atoms with Crippen molar-refractivity contribution in [2.75, 3.05) is 6.61 Å². The molecule has 0 bridgehead atoms. The van der Waals surface area contributed by atoms with Crippen LogP contribution in [0.1, 0.15) is 29.2 Å². The molecule has 0 atom stereocenters. The summed E-state index contributed by atoms with van der Waals surface area (Å²) in [5.41, 5.74) is -0.191. The summed E-state index contributed by atoms with van der Waals surface area (Å²) in [5.74, 6) is -0.242. The van der Waals surface area contributed by atoms with Gasteiger partial charge >= 0.3 is 0 Å². The molecule has 78 valence electrons. The zero-order valence-electron chi connectivity index (χ0n) is 8.50. The summed E-state index contributed by atoms with van der Waals surface area (Å²) < 4.78 is 3.98. The second-order valence-corrected chi connectivity index (χ2v) is 4.83. The summed E-state index contributed by atoms with van der Waals surface area (Å²) in [6.07, 6.45) is 0. The van der Waals surface area contributed by atoms with Gasteiger partial charge in [0.2, 0.25) is 0 Å². The van der Waals surface area contributed by atoms with E-state index in [9.17, 15) is 4.79 Å². The lowest BCUT2D eigenvalue weighted by Gasteiger charge is -2.22. The Balaban J connectivity index is 2.68. The first-order chi connectivity index (χ1) is 6.44. The average Bonchev–Trinajstić information content (AvgIpc) is 2.51. The maximum absolute atomic E-state index is 11.6. The SMILES string of the molecule is Cc1cc(C(=O)NC(C)(C)CO)ns1. The minimum absolute atomic E-state index is 0.0954. The van der Waals surface area contributed by atoms with Crippen molar-refractivity contribution >= 4 is 17.4 Å². The number of carbonyl (C=O) groups is 1. The summed E-state index contributed by atoms with van der Waals surface area (Å²) in [6.45, 7) is 5.31. The molecule has 0 aliphatic carbocycles. The molecule has 2 N–H and O–H groups in total. The molecule has 0 aliphatic heterocycles. The van der Waals surface area contributed by atoms with Crippen molar-refractivity contribution in [3.05, 3.63) is 16.6 Å². The highest BCUT2D eigenvalue weighted by Gasteiger charge is 2.21. The van der Waals surface area contributed by atoms with Gasteiger partial charge < -0.3 is 10.4 Å². The fourth-order valence-corrected chi connectivity index (χ4v) is 1.43. The lowest BCUT2D eigenvalue weighted by molar-refractivity contribution is 0.0865. The van der Waals surface area contributed by atoms with Gasteiger partial charge in [-0.3, -0.25) is 4.79 Å². The van der Waals surface area contributed by atoms with Crippen molar-refractivity contribution in [2.45, 2.75) is 26.3 Å². The van der Waals surface area contributed by atoms with E-state index in [4.69, 9.17) is 5.11 Å². The molecule has 0 saturated carbocycles. The summed E-state index contributed by atoms with van der Waals surface area (Å²) in [7, 11) is 0. The minimum Gasteiger partial charge on any atom is -0.394 e. The standard InChI is InChI=1S/C9H14N2O2S/c1-6-4-7(11-14-6)8(13)10-9(2,3)5-12/h4,12H,5H2,1-3H3,(H,10,13). The Morgan fingerprint density at radius 3 is 2.79 bits per heavy atom. The second kappa shape index (κ2) is 4.06. The Bertz CT molecular complexity index is 333. The van der Waals surface area contributed by atoms with Crippen LogP contribution in [0.2, 0.25) is 0 Å². The van der Waals surface area contributed by atoms with Crippen LogP contribution in [0.3, 0.4) is 0 Å². The van der Waals surface area contributed by atoms with Gasteiger partial charge in [-0.1, -0.05) is 0 Å². The molecule has 0 fully saturated rings. The van der Waals surface area contributed by atoms with Gasteiger partial charge in [0.15, 0.2) is 0 Å². The van der Waals surface area contributed by atoms with Crippen molar-refractivity contribution < 1.29 is 9.90 Å². The zero-order chi connectivity index (χ0) is 10.8. The maximum atomic E-state index is 11.6. The van der Waals surface area contributed by atoms with Gasteiger partial charge in [-0.05, 0) is 38.4 Å². The molecule has 1 rings (SSSR count). The molecule has 1 aromatic heterocycles. The van der Waals surface area contributed by atoms with E-state index >= 15 is 0 Å². The molecule has 0 unspecified atom stereocenters. The number of amides is 1. The van der Waals surface area contributed by atoms with Crippen LogP contribution in [0, 0.1) is 6.92 Å². The number of aliphatic hydroxyl groups is 1. The molecule has 0 saturated heterocycles. The molecule has 1 amide bonds. The molecule has 0 aliphatic rings. The number of nitrogens with one attached hydrogen (secondary N) is 1. The Kier molecular flexibility index (Phi) is 3.23. The van der Waals surface area contributed by atoms with Crippen LogP contribution in [0.4, 0.5) is 0 Å². The van der Waals surface area contributed by atoms with E-state index in [0.29, 0.717) is 5.69 Å². The lowest BCUT2D eigenvalue weighted by atomic mass is 10.1. The largest absolute Gasteiger partial charge is 0.394 e. The number of hydrogen-bond donors (Lipinski definition) is 2. The zero-order valence-corrected chi connectivity index (χ0v) is 9.31. The van der Waals surface area contributed by atoms with E-state index in [1.807, 2.05) is 6.92 Å². The summed E-state index contributed by atoms with van der Waals surface area (Å²) in [6, 6.07) is 1.73. The highest BCUT2D eigenvalue weighted by Crippen LogP contribution is 2.09. The van der Waals surface area contributed by atoms with E-state index < -0.39 is 5.54 Å². The van der Waals surface area contributed by atoms with Crippen molar-refractivity contribution in [2.24, 2.45) is 0 Å². The Morgan fingerprint density at radius 1 is 1.71 bits per heavy atom. The molecular formula is C9H14N2O2S. The highest BCUT2D eigenvalue weighted by atomic mass is 32.1. The number of nitrogens with zero attached hydrogens (tertiary/aromatic N) is 1. The molecule has 4 nitrogen and oxygen atoms in total. The van der Waals surface area contributed by atoms with Crippen LogP contribution in [0.25, 0.3) is 0 Å². The number of aliphatic hydroxyl groups excluding tert-OH is 1. The molecule has 0 spiro atoms. The predicted molar refractivity (Wildman–Crippen MR) is 55.5 cm³/mol. The van der Waals surface area contributed by atoms with Crippen molar-refractivity contribution in [3.63, 3.8) is 0 Å². The van der Waals surface area contributed by atoms with Gasteiger partial charge in [-0.2, -0.15) is 4.37 Å². The van der Waals surface area contributed by atoms with Crippen molar-refractivity contribution in [1.29, 1.82) is 0 Å². The Morgan fingerprint density at radius 2 is 2.36 bits per heavy atom. The first kappa shape index (κ1) is 11.1. The third-order valence-corrected chi connectivity index (χ3v) is 2.40. The first-order valence-corrected chi connectivity index (χ1v) is 5.08. The molecule has 5 heteroatoms. The van der Waals surface area contributed by atoms with E-state index in [-0.39, 0.29) is 12.5 Å². The van der Waals surface area contributed by atoms with Gasteiger partial charge in [0, 0.05) is 4.88 Å². The summed E-state index contributed by atoms with van der Waals surface area (Å²) in [5, 5.41) is 11.7. The fraction of sp³-hybridized carbons (Fsp3) is 0.556. The molecule has 0 radical (unpaired) electrons. The van der Waals surface area contributed by atoms with Crippen LogP contribution < -0.4 is 5.32 Å². The fourth-order valence-electron chi connectivity index (χ4n) is 0.884. The van der Waals surface area contributed by atoms with Gasteiger partial charge in [-0.15, -0.1) is 0 Å². The predicted octanol–water partition coefficient (Wildman–Crippen LogP) is 0.952. The van der Waals surface area contributed by atoms with Crippen LogP contribution in [0.15, 0.2) is 6.07 Å². The van der Waals surface area contributed by atoms with Crippen LogP contribution in [0.5, 0.6) is 0 Å². The molecule has 1 aromatic rings. The van der Waals surface area contributed by atoms with Gasteiger partial charge in [0.1, 0.15) is 5.69 Å². The summed E-state index contributed by atoms with van der Waals surface area (Å²) >= 11 is 1.29. The maximum Gasteiger partial charge on any atom is 0.271 e. The van der Waals surface area contributed by atoms with E-state index in [1.54, 1.807) is 19.9 Å². The quantitative estimate of drug-likeness (QED) is 0.787. The summed E-state index contributed by atoms with van der Waals surface area (Å²) in [4.78, 5) is 12.6. The van der Waals surface area contributed by atoms with E-state index in [2.05, 4.69) is 9.69 Å². The van der Waals surface area contributed by atoms with Crippen LogP contribution in [-0.4, -0.2) is 27.5 Å². The number of hydrogen-bond acceptors (Lipinski definition) is 4. The van der Waals surface area contributed by atoms with Gasteiger partial charge in [0.05, 0.1) is 12.1 Å². The Hall–Kier alpha value is -0.940. The highest BCUT2D eigenvalue weighted by molar-refractivity contribution is 7.05. The molecule has 1 heterocycles. The third kappa shape index (κ3) is 2.78. The van der Waals surface area contributed by atoms with E-state index in [1.165, 1.54) is 11.5 Å². The average molecular weight is 214 g/mol. The molecule has 0 aromatic carbocycles. The number of aromatic nitrogens is 1. The third-order valence-electron chi connectivity index (χ3n) is 1.71. The minimum atomic E-state index is -0.603. The van der Waals surface area contributed by atoms with Gasteiger partial charge in [0.25, 0.3) is 5.91 Å². The van der Waals surface area contributed by atoms with Crippen molar-refractivity contribution in [1.82, 2.24) is 9.69 Å². The monoisotopic (exact) mass is 214 g/mol.